The van der Waals surface area contributed by atoms with Gasteiger partial charge in [0.1, 0.15) is 5.84 Å². The van der Waals surface area contributed by atoms with Crippen molar-refractivity contribution in [2.75, 3.05) is 14.1 Å². The van der Waals surface area contributed by atoms with E-state index in [0.717, 1.165) is 38.5 Å². The molecule has 0 atom stereocenters. The molecular formula is C12H24N4O. The minimum atomic E-state index is -0.623. The second-order valence-electron chi connectivity index (χ2n) is 5.09. The number of carbonyl (C=O) groups is 1. The zero-order valence-electron chi connectivity index (χ0n) is 10.9. The average Bonchev–Trinajstić information content (AvgIpc) is 2.21. The van der Waals surface area contributed by atoms with E-state index in [4.69, 9.17) is 11.1 Å². The molecule has 1 aliphatic rings. The van der Waals surface area contributed by atoms with Crippen molar-refractivity contribution in [2.24, 2.45) is 5.73 Å². The second kappa shape index (κ2) is 5.89. The Morgan fingerprint density at radius 3 is 2.06 bits per heavy atom. The minimum absolute atomic E-state index is 0.0922. The molecule has 5 nitrogen and oxygen atoms in total. The lowest BCUT2D eigenvalue weighted by Gasteiger charge is -2.36. The van der Waals surface area contributed by atoms with Gasteiger partial charge in [-0.1, -0.05) is 32.1 Å². The lowest BCUT2D eigenvalue weighted by atomic mass is 9.83. The van der Waals surface area contributed by atoms with Crippen molar-refractivity contribution in [2.45, 2.75) is 50.5 Å². The van der Waals surface area contributed by atoms with E-state index in [1.807, 2.05) is 0 Å². The molecule has 17 heavy (non-hydrogen) atoms. The molecule has 0 heterocycles. The molecule has 1 saturated carbocycles. The van der Waals surface area contributed by atoms with Crippen LogP contribution in [0.1, 0.15) is 44.9 Å². The number of hydrogen-bond acceptors (Lipinski definition) is 2. The molecule has 98 valence electrons. The van der Waals surface area contributed by atoms with Gasteiger partial charge >= 0.3 is 6.03 Å². The fourth-order valence-electron chi connectivity index (χ4n) is 2.29. The lowest BCUT2D eigenvalue weighted by molar-refractivity contribution is 0.203. The third kappa shape index (κ3) is 3.61. The SMILES string of the molecule is CN(C)C(=O)NC1(C(=N)N)CCCCCCC1. The van der Waals surface area contributed by atoms with Gasteiger partial charge in [-0.15, -0.1) is 0 Å². The van der Waals surface area contributed by atoms with E-state index < -0.39 is 5.54 Å². The first-order valence-corrected chi connectivity index (χ1v) is 6.32. The van der Waals surface area contributed by atoms with Gasteiger partial charge in [-0.05, 0) is 12.8 Å². The molecule has 0 spiro atoms. The van der Waals surface area contributed by atoms with Crippen LogP contribution in [0.5, 0.6) is 0 Å². The second-order valence-corrected chi connectivity index (χ2v) is 5.09. The van der Waals surface area contributed by atoms with Gasteiger partial charge in [0.15, 0.2) is 0 Å². The molecule has 2 amide bonds. The Balaban J connectivity index is 2.78. The molecule has 1 rings (SSSR count). The monoisotopic (exact) mass is 240 g/mol. The van der Waals surface area contributed by atoms with Crippen molar-refractivity contribution < 1.29 is 4.79 Å². The molecule has 0 saturated heterocycles. The third-order valence-corrected chi connectivity index (χ3v) is 3.48. The first-order chi connectivity index (χ1) is 7.98. The maximum atomic E-state index is 11.8. The molecule has 0 bridgehead atoms. The first-order valence-electron chi connectivity index (χ1n) is 6.32. The quantitative estimate of drug-likeness (QED) is 0.507. The molecule has 0 aromatic carbocycles. The van der Waals surface area contributed by atoms with Gasteiger partial charge in [0.25, 0.3) is 0 Å². The zero-order chi connectivity index (χ0) is 12.9. The van der Waals surface area contributed by atoms with Crippen LogP contribution in [0.3, 0.4) is 0 Å². The fraction of sp³-hybridized carbons (Fsp3) is 0.833. The Bertz CT molecular complexity index is 280. The van der Waals surface area contributed by atoms with Gasteiger partial charge in [-0.3, -0.25) is 5.41 Å². The van der Waals surface area contributed by atoms with E-state index >= 15 is 0 Å². The van der Waals surface area contributed by atoms with E-state index in [0.29, 0.717) is 0 Å². The minimum Gasteiger partial charge on any atom is -0.386 e. The van der Waals surface area contributed by atoms with Crippen LogP contribution in [-0.2, 0) is 0 Å². The first kappa shape index (κ1) is 13.8. The molecular weight excluding hydrogens is 216 g/mol. The zero-order valence-corrected chi connectivity index (χ0v) is 10.9. The van der Waals surface area contributed by atoms with Crippen molar-refractivity contribution >= 4 is 11.9 Å². The highest BCUT2D eigenvalue weighted by Crippen LogP contribution is 2.26. The summed E-state index contributed by atoms with van der Waals surface area (Å²) in [5.41, 5.74) is 5.10. The van der Waals surface area contributed by atoms with E-state index in [1.165, 1.54) is 11.3 Å². The summed E-state index contributed by atoms with van der Waals surface area (Å²) in [6, 6.07) is -0.166. The number of urea groups is 1. The number of hydrogen-bond donors (Lipinski definition) is 3. The Morgan fingerprint density at radius 2 is 1.65 bits per heavy atom. The van der Waals surface area contributed by atoms with Crippen LogP contribution in [0.4, 0.5) is 4.79 Å². The number of amidine groups is 1. The maximum Gasteiger partial charge on any atom is 0.317 e. The van der Waals surface area contributed by atoms with Gasteiger partial charge < -0.3 is 16.0 Å². The lowest BCUT2D eigenvalue weighted by Crippen LogP contribution is -2.59. The van der Waals surface area contributed by atoms with Crippen LogP contribution < -0.4 is 11.1 Å². The maximum absolute atomic E-state index is 11.8. The van der Waals surface area contributed by atoms with E-state index in [9.17, 15) is 4.79 Å². The molecule has 0 radical (unpaired) electrons. The molecule has 1 fully saturated rings. The third-order valence-electron chi connectivity index (χ3n) is 3.48. The van der Waals surface area contributed by atoms with E-state index in [1.54, 1.807) is 14.1 Å². The summed E-state index contributed by atoms with van der Waals surface area (Å²) in [4.78, 5) is 13.3. The van der Waals surface area contributed by atoms with Gasteiger partial charge in [0.05, 0.1) is 5.54 Å². The van der Waals surface area contributed by atoms with Gasteiger partial charge in [0, 0.05) is 14.1 Å². The number of rotatable bonds is 2. The van der Waals surface area contributed by atoms with E-state index in [-0.39, 0.29) is 11.9 Å². The Hall–Kier alpha value is -1.26. The van der Waals surface area contributed by atoms with Crippen LogP contribution in [-0.4, -0.2) is 36.4 Å². The molecule has 1 aliphatic carbocycles. The number of nitrogens with zero attached hydrogens (tertiary/aromatic N) is 1. The number of nitrogens with one attached hydrogen (secondary N) is 2. The van der Waals surface area contributed by atoms with Crippen molar-refractivity contribution in [3.63, 3.8) is 0 Å². The summed E-state index contributed by atoms with van der Waals surface area (Å²) in [6.07, 6.45) is 7.17. The number of nitrogens with two attached hydrogens (primary N) is 1. The molecule has 4 N–H and O–H groups in total. The number of carbonyl (C=O) groups excluding carboxylic acids is 1. The predicted octanol–water partition coefficient (Wildman–Crippen LogP) is 1.68. The summed E-state index contributed by atoms with van der Waals surface area (Å²) < 4.78 is 0. The Labute approximate surface area is 103 Å². The smallest absolute Gasteiger partial charge is 0.317 e. The van der Waals surface area contributed by atoms with Crippen LogP contribution in [0.2, 0.25) is 0 Å². The molecule has 0 aromatic heterocycles. The highest BCUT2D eigenvalue weighted by Gasteiger charge is 2.35. The number of amides is 2. The highest BCUT2D eigenvalue weighted by molar-refractivity contribution is 5.91. The largest absolute Gasteiger partial charge is 0.386 e. The molecule has 5 heteroatoms. The van der Waals surface area contributed by atoms with Crippen LogP contribution in [0.25, 0.3) is 0 Å². The van der Waals surface area contributed by atoms with Crippen LogP contribution >= 0.6 is 0 Å². The summed E-state index contributed by atoms with van der Waals surface area (Å²) in [5, 5.41) is 10.7. The van der Waals surface area contributed by atoms with Crippen molar-refractivity contribution in [3.05, 3.63) is 0 Å². The van der Waals surface area contributed by atoms with Crippen molar-refractivity contribution in [3.8, 4) is 0 Å². The average molecular weight is 240 g/mol. The Kier molecular flexibility index (Phi) is 4.78. The summed E-state index contributed by atoms with van der Waals surface area (Å²) in [6.45, 7) is 0. The normalized spacial score (nSPS) is 19.9. The summed E-state index contributed by atoms with van der Waals surface area (Å²) in [7, 11) is 3.40. The molecule has 0 unspecified atom stereocenters. The molecule has 0 aliphatic heterocycles. The summed E-state index contributed by atoms with van der Waals surface area (Å²) >= 11 is 0. The van der Waals surface area contributed by atoms with Crippen LogP contribution in [0.15, 0.2) is 0 Å². The van der Waals surface area contributed by atoms with E-state index in [2.05, 4.69) is 5.32 Å². The van der Waals surface area contributed by atoms with Gasteiger partial charge in [-0.2, -0.15) is 0 Å². The van der Waals surface area contributed by atoms with Crippen molar-refractivity contribution in [1.82, 2.24) is 10.2 Å². The van der Waals surface area contributed by atoms with Gasteiger partial charge in [-0.25, -0.2) is 4.79 Å². The fourth-order valence-corrected chi connectivity index (χ4v) is 2.29. The predicted molar refractivity (Wildman–Crippen MR) is 69.2 cm³/mol. The van der Waals surface area contributed by atoms with Crippen molar-refractivity contribution in [1.29, 1.82) is 5.41 Å². The highest BCUT2D eigenvalue weighted by atomic mass is 16.2. The Morgan fingerprint density at radius 1 is 1.18 bits per heavy atom. The summed E-state index contributed by atoms with van der Waals surface area (Å²) in [5.74, 6) is 0.0922. The van der Waals surface area contributed by atoms with Gasteiger partial charge in [0.2, 0.25) is 0 Å². The molecule has 0 aromatic rings. The topological polar surface area (TPSA) is 82.2 Å². The standard InChI is InChI=1S/C12H24N4O/c1-16(2)11(17)15-12(10(13)14)8-6-4-3-5-7-9-12/h3-9H2,1-2H3,(H3,13,14)(H,15,17). The van der Waals surface area contributed by atoms with Crippen LogP contribution in [0, 0.1) is 5.41 Å².